The highest BCUT2D eigenvalue weighted by molar-refractivity contribution is 4.78. The Kier molecular flexibility index (Phi) is 4.98. The molecule has 0 spiro atoms. The van der Waals surface area contributed by atoms with E-state index in [1.165, 1.54) is 57.8 Å². The maximum atomic E-state index is 2.51. The molecule has 1 aliphatic carbocycles. The Hall–Kier alpha value is 0. The second-order valence-electron chi connectivity index (χ2n) is 5.78. The lowest BCUT2D eigenvalue weighted by molar-refractivity contribution is 0.165. The second kappa shape index (κ2) is 5.78. The maximum Gasteiger partial charge on any atom is -0.0303 e. The van der Waals surface area contributed by atoms with E-state index in [0.717, 1.165) is 5.92 Å². The third kappa shape index (κ3) is 3.63. The molecule has 14 heavy (non-hydrogen) atoms. The molecule has 0 heterocycles. The van der Waals surface area contributed by atoms with Crippen LogP contribution in [-0.2, 0) is 0 Å². The molecule has 0 aromatic carbocycles. The topological polar surface area (TPSA) is 0 Å². The molecule has 0 amide bonds. The first kappa shape index (κ1) is 12.1. The van der Waals surface area contributed by atoms with Gasteiger partial charge in [-0.3, -0.25) is 0 Å². The first-order valence-electron chi connectivity index (χ1n) is 6.65. The minimum atomic E-state index is 0.636. The van der Waals surface area contributed by atoms with Crippen molar-refractivity contribution >= 4 is 0 Å². The summed E-state index contributed by atoms with van der Waals surface area (Å²) in [4.78, 5) is 0. The molecular weight excluding hydrogens is 168 g/mol. The summed E-state index contributed by atoms with van der Waals surface area (Å²) < 4.78 is 0. The van der Waals surface area contributed by atoms with Gasteiger partial charge in [0, 0.05) is 0 Å². The van der Waals surface area contributed by atoms with Crippen molar-refractivity contribution < 1.29 is 0 Å². The molecule has 84 valence electrons. The van der Waals surface area contributed by atoms with Crippen molar-refractivity contribution in [3.63, 3.8) is 0 Å². The molecule has 0 saturated heterocycles. The molecule has 1 fully saturated rings. The molecular formula is C14H28. The van der Waals surface area contributed by atoms with Crippen LogP contribution in [0, 0.1) is 11.3 Å². The van der Waals surface area contributed by atoms with Crippen molar-refractivity contribution in [2.45, 2.75) is 78.6 Å². The van der Waals surface area contributed by atoms with Gasteiger partial charge in [-0.25, -0.2) is 0 Å². The van der Waals surface area contributed by atoms with Gasteiger partial charge in [-0.15, -0.1) is 0 Å². The molecule has 1 aliphatic rings. The van der Waals surface area contributed by atoms with Crippen LogP contribution < -0.4 is 0 Å². The third-order valence-electron chi connectivity index (χ3n) is 4.39. The minimum Gasteiger partial charge on any atom is -0.0623 e. The number of hydrogen-bond donors (Lipinski definition) is 0. The summed E-state index contributed by atoms with van der Waals surface area (Å²) in [6.07, 6.45) is 13.3. The van der Waals surface area contributed by atoms with Crippen LogP contribution >= 0.6 is 0 Å². The summed E-state index contributed by atoms with van der Waals surface area (Å²) in [5.74, 6) is 0.863. The Morgan fingerprint density at radius 1 is 0.714 bits per heavy atom. The zero-order chi connectivity index (χ0) is 10.4. The van der Waals surface area contributed by atoms with Crippen LogP contribution in [0.1, 0.15) is 78.6 Å². The predicted octanol–water partition coefficient (Wildman–Crippen LogP) is 5.17. The summed E-state index contributed by atoms with van der Waals surface area (Å²) >= 11 is 0. The smallest absolute Gasteiger partial charge is 0.0303 e. The van der Waals surface area contributed by atoms with Crippen LogP contribution in [0.5, 0.6) is 0 Å². The summed E-state index contributed by atoms with van der Waals surface area (Å²) in [5.41, 5.74) is 0.636. The molecule has 0 atom stereocenters. The van der Waals surface area contributed by atoms with Gasteiger partial charge in [0.2, 0.25) is 0 Å². The quantitative estimate of drug-likeness (QED) is 0.542. The second-order valence-corrected chi connectivity index (χ2v) is 5.78. The SMILES string of the molecule is CC(C)C1(C)CCCCCCCCC1. The van der Waals surface area contributed by atoms with E-state index in [2.05, 4.69) is 20.8 Å². The molecule has 0 aromatic rings. The molecule has 0 radical (unpaired) electrons. The first-order valence-corrected chi connectivity index (χ1v) is 6.65. The third-order valence-corrected chi connectivity index (χ3v) is 4.39. The predicted molar refractivity (Wildman–Crippen MR) is 64.5 cm³/mol. The van der Waals surface area contributed by atoms with E-state index >= 15 is 0 Å². The lowest BCUT2D eigenvalue weighted by atomic mass is 9.71. The van der Waals surface area contributed by atoms with E-state index in [9.17, 15) is 0 Å². The van der Waals surface area contributed by atoms with Gasteiger partial charge in [-0.05, 0) is 24.2 Å². The summed E-state index contributed by atoms with van der Waals surface area (Å²) in [7, 11) is 0. The average molecular weight is 196 g/mol. The number of rotatable bonds is 1. The summed E-state index contributed by atoms with van der Waals surface area (Å²) in [5, 5.41) is 0. The van der Waals surface area contributed by atoms with Crippen molar-refractivity contribution in [3.8, 4) is 0 Å². The first-order chi connectivity index (χ1) is 6.65. The van der Waals surface area contributed by atoms with Gasteiger partial charge >= 0.3 is 0 Å². The van der Waals surface area contributed by atoms with Gasteiger partial charge in [0.1, 0.15) is 0 Å². The van der Waals surface area contributed by atoms with Gasteiger partial charge in [0.05, 0.1) is 0 Å². The monoisotopic (exact) mass is 196 g/mol. The summed E-state index contributed by atoms with van der Waals surface area (Å²) in [6.45, 7) is 7.33. The standard InChI is InChI=1S/C14H28/c1-13(2)14(3)11-9-7-5-4-6-8-10-12-14/h13H,4-12H2,1-3H3. The molecule has 0 aromatic heterocycles. The molecule has 0 unspecified atom stereocenters. The van der Waals surface area contributed by atoms with E-state index in [4.69, 9.17) is 0 Å². The highest BCUT2D eigenvalue weighted by Crippen LogP contribution is 2.39. The van der Waals surface area contributed by atoms with E-state index in [1.807, 2.05) is 0 Å². The van der Waals surface area contributed by atoms with Gasteiger partial charge in [-0.2, -0.15) is 0 Å². The lowest BCUT2D eigenvalue weighted by Gasteiger charge is -2.34. The zero-order valence-corrected chi connectivity index (χ0v) is 10.4. The Morgan fingerprint density at radius 2 is 1.07 bits per heavy atom. The van der Waals surface area contributed by atoms with Crippen LogP contribution in [0.4, 0.5) is 0 Å². The fraction of sp³-hybridized carbons (Fsp3) is 1.00. The Bertz CT molecular complexity index is 136. The molecule has 0 nitrogen and oxygen atoms in total. The van der Waals surface area contributed by atoms with Gasteiger partial charge in [0.25, 0.3) is 0 Å². The van der Waals surface area contributed by atoms with Crippen molar-refractivity contribution in [2.24, 2.45) is 11.3 Å². The molecule has 1 saturated carbocycles. The van der Waals surface area contributed by atoms with E-state index < -0.39 is 0 Å². The fourth-order valence-electron chi connectivity index (χ4n) is 2.64. The Morgan fingerprint density at radius 3 is 1.43 bits per heavy atom. The van der Waals surface area contributed by atoms with Crippen LogP contribution in [0.25, 0.3) is 0 Å². The largest absolute Gasteiger partial charge is 0.0623 e. The molecule has 0 N–H and O–H groups in total. The van der Waals surface area contributed by atoms with Crippen LogP contribution in [-0.4, -0.2) is 0 Å². The summed E-state index contributed by atoms with van der Waals surface area (Å²) in [6, 6.07) is 0. The minimum absolute atomic E-state index is 0.636. The lowest BCUT2D eigenvalue weighted by Crippen LogP contribution is -2.23. The Balaban J connectivity index is 2.45. The molecule has 0 aliphatic heterocycles. The number of hydrogen-bond acceptors (Lipinski definition) is 0. The highest BCUT2D eigenvalue weighted by Gasteiger charge is 2.27. The zero-order valence-electron chi connectivity index (χ0n) is 10.4. The normalized spacial score (nSPS) is 24.9. The van der Waals surface area contributed by atoms with Gasteiger partial charge < -0.3 is 0 Å². The molecule has 0 bridgehead atoms. The molecule has 0 heteroatoms. The van der Waals surface area contributed by atoms with Gasteiger partial charge in [0.15, 0.2) is 0 Å². The van der Waals surface area contributed by atoms with Crippen molar-refractivity contribution in [1.29, 1.82) is 0 Å². The average Bonchev–Trinajstić information content (AvgIpc) is 2.16. The van der Waals surface area contributed by atoms with Crippen LogP contribution in [0.15, 0.2) is 0 Å². The highest BCUT2D eigenvalue weighted by atomic mass is 14.3. The van der Waals surface area contributed by atoms with E-state index in [1.54, 1.807) is 0 Å². The van der Waals surface area contributed by atoms with E-state index in [-0.39, 0.29) is 0 Å². The van der Waals surface area contributed by atoms with Crippen molar-refractivity contribution in [1.82, 2.24) is 0 Å². The molecule has 1 rings (SSSR count). The van der Waals surface area contributed by atoms with Crippen molar-refractivity contribution in [2.75, 3.05) is 0 Å². The van der Waals surface area contributed by atoms with Gasteiger partial charge in [-0.1, -0.05) is 65.7 Å². The van der Waals surface area contributed by atoms with E-state index in [0.29, 0.717) is 5.41 Å². The van der Waals surface area contributed by atoms with Crippen molar-refractivity contribution in [3.05, 3.63) is 0 Å². The van der Waals surface area contributed by atoms with Crippen LogP contribution in [0.3, 0.4) is 0 Å². The Labute approximate surface area is 90.5 Å². The van der Waals surface area contributed by atoms with Crippen LogP contribution in [0.2, 0.25) is 0 Å². The maximum absolute atomic E-state index is 2.51. The fourth-order valence-corrected chi connectivity index (χ4v) is 2.64.